The Morgan fingerprint density at radius 2 is 2.00 bits per heavy atom. The molecule has 0 N–H and O–H groups in total. The SMILES string of the molecule is CCn1c(=O)n(C2CCN(S(=O)(=O)c3ccccc3F)C2)c2ncccc21. The Morgan fingerprint density at radius 1 is 1.22 bits per heavy atom. The topological polar surface area (TPSA) is 77.2 Å². The number of imidazole rings is 1. The van der Waals surface area contributed by atoms with Crippen molar-refractivity contribution in [2.45, 2.75) is 30.8 Å². The van der Waals surface area contributed by atoms with Crippen molar-refractivity contribution in [1.29, 1.82) is 0 Å². The summed E-state index contributed by atoms with van der Waals surface area (Å²) < 4.78 is 44.1. The molecule has 1 saturated heterocycles. The first-order chi connectivity index (χ1) is 12.9. The van der Waals surface area contributed by atoms with Gasteiger partial charge in [0.2, 0.25) is 10.0 Å². The number of nitrogens with zero attached hydrogens (tertiary/aromatic N) is 4. The zero-order valence-corrected chi connectivity index (χ0v) is 15.6. The number of hydrogen-bond donors (Lipinski definition) is 0. The van der Waals surface area contributed by atoms with Crippen LogP contribution in [0.4, 0.5) is 4.39 Å². The fraction of sp³-hybridized carbons (Fsp3) is 0.333. The Kier molecular flexibility index (Phi) is 4.35. The quantitative estimate of drug-likeness (QED) is 0.683. The van der Waals surface area contributed by atoms with Gasteiger partial charge in [-0.15, -0.1) is 0 Å². The van der Waals surface area contributed by atoms with Gasteiger partial charge in [-0.3, -0.25) is 9.13 Å². The lowest BCUT2D eigenvalue weighted by Gasteiger charge is -2.17. The van der Waals surface area contributed by atoms with Gasteiger partial charge >= 0.3 is 5.69 Å². The predicted molar refractivity (Wildman–Crippen MR) is 98.5 cm³/mol. The lowest BCUT2D eigenvalue weighted by molar-refractivity contribution is 0.444. The Balaban J connectivity index is 1.72. The molecule has 0 amide bonds. The lowest BCUT2D eigenvalue weighted by Crippen LogP contribution is -2.32. The highest BCUT2D eigenvalue weighted by Crippen LogP contribution is 2.29. The van der Waals surface area contributed by atoms with E-state index in [1.165, 1.54) is 22.5 Å². The van der Waals surface area contributed by atoms with Gasteiger partial charge in [-0.05, 0) is 37.6 Å². The van der Waals surface area contributed by atoms with E-state index < -0.39 is 15.8 Å². The summed E-state index contributed by atoms with van der Waals surface area (Å²) in [7, 11) is -3.96. The summed E-state index contributed by atoms with van der Waals surface area (Å²) >= 11 is 0. The van der Waals surface area contributed by atoms with Crippen LogP contribution in [-0.2, 0) is 16.6 Å². The van der Waals surface area contributed by atoms with E-state index in [-0.39, 0.29) is 29.7 Å². The maximum absolute atomic E-state index is 14.0. The van der Waals surface area contributed by atoms with Crippen LogP contribution in [0.3, 0.4) is 0 Å². The average Bonchev–Trinajstić information content (AvgIpc) is 3.24. The first-order valence-corrected chi connectivity index (χ1v) is 10.2. The second-order valence-corrected chi connectivity index (χ2v) is 8.39. The van der Waals surface area contributed by atoms with Crippen molar-refractivity contribution in [1.82, 2.24) is 18.4 Å². The van der Waals surface area contributed by atoms with Gasteiger partial charge in [0.25, 0.3) is 0 Å². The van der Waals surface area contributed by atoms with Gasteiger partial charge < -0.3 is 0 Å². The third-order valence-corrected chi connectivity index (χ3v) is 6.88. The normalized spacial score (nSPS) is 18.4. The van der Waals surface area contributed by atoms with Crippen LogP contribution in [0.25, 0.3) is 11.2 Å². The standard InChI is InChI=1S/C18H19FN4O3S/c1-2-22-15-7-5-10-20-17(15)23(18(22)24)13-9-11-21(12-13)27(25,26)16-8-4-3-6-14(16)19/h3-8,10,13H,2,9,11-12H2,1H3. The number of hydrogen-bond acceptors (Lipinski definition) is 4. The molecule has 0 saturated carbocycles. The summed E-state index contributed by atoms with van der Waals surface area (Å²) in [6.45, 7) is 2.70. The molecule has 27 heavy (non-hydrogen) atoms. The summed E-state index contributed by atoms with van der Waals surface area (Å²) in [6.07, 6.45) is 2.08. The van der Waals surface area contributed by atoms with E-state index in [1.807, 2.05) is 13.0 Å². The molecule has 4 rings (SSSR count). The van der Waals surface area contributed by atoms with Gasteiger partial charge in [0.1, 0.15) is 10.7 Å². The number of aromatic nitrogens is 3. The second-order valence-electron chi connectivity index (χ2n) is 6.48. The molecule has 1 aliphatic heterocycles. The number of fused-ring (bicyclic) bond motifs is 1. The zero-order chi connectivity index (χ0) is 19.2. The van der Waals surface area contributed by atoms with E-state index in [2.05, 4.69) is 4.98 Å². The number of benzene rings is 1. The summed E-state index contributed by atoms with van der Waals surface area (Å²) in [5.74, 6) is -0.776. The molecule has 7 nitrogen and oxygen atoms in total. The molecule has 1 fully saturated rings. The number of pyridine rings is 1. The van der Waals surface area contributed by atoms with E-state index in [0.29, 0.717) is 18.6 Å². The molecule has 3 heterocycles. The smallest absolute Gasteiger partial charge is 0.291 e. The van der Waals surface area contributed by atoms with Crippen molar-refractivity contribution in [2.24, 2.45) is 0 Å². The molecule has 9 heteroatoms. The van der Waals surface area contributed by atoms with Crippen molar-refractivity contribution in [3.8, 4) is 0 Å². The van der Waals surface area contributed by atoms with Crippen molar-refractivity contribution in [3.63, 3.8) is 0 Å². The van der Waals surface area contributed by atoms with Crippen molar-refractivity contribution in [3.05, 3.63) is 58.9 Å². The van der Waals surface area contributed by atoms with Gasteiger partial charge in [-0.1, -0.05) is 12.1 Å². The van der Waals surface area contributed by atoms with Crippen molar-refractivity contribution in [2.75, 3.05) is 13.1 Å². The Hall–Kier alpha value is -2.52. The van der Waals surface area contributed by atoms with Crippen LogP contribution in [0.1, 0.15) is 19.4 Å². The monoisotopic (exact) mass is 390 g/mol. The Labute approximate surface area is 155 Å². The fourth-order valence-corrected chi connectivity index (χ4v) is 5.23. The predicted octanol–water partition coefficient (Wildman–Crippen LogP) is 1.99. The molecule has 1 atom stereocenters. The van der Waals surface area contributed by atoms with Crippen molar-refractivity contribution >= 4 is 21.2 Å². The van der Waals surface area contributed by atoms with E-state index in [9.17, 15) is 17.6 Å². The zero-order valence-electron chi connectivity index (χ0n) is 14.7. The summed E-state index contributed by atoms with van der Waals surface area (Å²) in [5, 5.41) is 0. The number of aryl methyl sites for hydroxylation is 1. The highest BCUT2D eigenvalue weighted by atomic mass is 32.2. The lowest BCUT2D eigenvalue weighted by atomic mass is 10.2. The van der Waals surface area contributed by atoms with Crippen LogP contribution in [0.2, 0.25) is 0 Å². The molecule has 0 spiro atoms. The molecule has 1 aliphatic rings. The first kappa shape index (κ1) is 17.9. The van der Waals surface area contributed by atoms with Crippen LogP contribution >= 0.6 is 0 Å². The maximum atomic E-state index is 14.0. The van der Waals surface area contributed by atoms with E-state index >= 15 is 0 Å². The highest BCUT2D eigenvalue weighted by Gasteiger charge is 2.36. The van der Waals surface area contributed by atoms with Crippen LogP contribution in [0.5, 0.6) is 0 Å². The van der Waals surface area contributed by atoms with Gasteiger partial charge in [0, 0.05) is 25.8 Å². The molecule has 1 aromatic carbocycles. The summed E-state index contributed by atoms with van der Waals surface area (Å²) in [5.41, 5.74) is 1.06. The molecule has 0 aliphatic carbocycles. The third kappa shape index (κ3) is 2.78. The Bertz CT molecular complexity index is 1170. The highest BCUT2D eigenvalue weighted by molar-refractivity contribution is 7.89. The molecule has 2 aromatic heterocycles. The minimum Gasteiger partial charge on any atom is -0.291 e. The van der Waals surface area contributed by atoms with E-state index in [1.54, 1.807) is 21.4 Å². The van der Waals surface area contributed by atoms with Gasteiger partial charge in [-0.2, -0.15) is 4.31 Å². The number of rotatable bonds is 4. The molecule has 3 aromatic rings. The first-order valence-electron chi connectivity index (χ1n) is 8.75. The molecule has 0 bridgehead atoms. The van der Waals surface area contributed by atoms with Crippen LogP contribution in [-0.4, -0.2) is 39.9 Å². The number of sulfonamides is 1. The molecule has 0 radical (unpaired) electrons. The maximum Gasteiger partial charge on any atom is 0.330 e. The molecule has 1 unspecified atom stereocenters. The van der Waals surface area contributed by atoms with Crippen LogP contribution < -0.4 is 5.69 Å². The summed E-state index contributed by atoms with van der Waals surface area (Å²) in [6, 6.07) is 8.58. The largest absolute Gasteiger partial charge is 0.330 e. The van der Waals surface area contributed by atoms with Gasteiger partial charge in [0.15, 0.2) is 5.65 Å². The molecular formula is C18H19FN4O3S. The minimum absolute atomic E-state index is 0.107. The molecule has 142 valence electrons. The van der Waals surface area contributed by atoms with Crippen LogP contribution in [0, 0.1) is 5.82 Å². The molecular weight excluding hydrogens is 371 g/mol. The fourth-order valence-electron chi connectivity index (χ4n) is 3.68. The van der Waals surface area contributed by atoms with Gasteiger partial charge in [-0.25, -0.2) is 22.6 Å². The third-order valence-electron chi connectivity index (χ3n) is 4.98. The van der Waals surface area contributed by atoms with Crippen LogP contribution in [0.15, 0.2) is 52.3 Å². The summed E-state index contributed by atoms with van der Waals surface area (Å²) in [4.78, 5) is 16.8. The van der Waals surface area contributed by atoms with E-state index in [0.717, 1.165) is 11.6 Å². The Morgan fingerprint density at radius 3 is 2.74 bits per heavy atom. The van der Waals surface area contributed by atoms with Crippen molar-refractivity contribution < 1.29 is 12.8 Å². The average molecular weight is 390 g/mol. The van der Waals surface area contributed by atoms with E-state index in [4.69, 9.17) is 0 Å². The number of halogens is 1. The second kappa shape index (κ2) is 6.58. The van der Waals surface area contributed by atoms with Gasteiger partial charge in [0.05, 0.1) is 11.6 Å². The minimum atomic E-state index is -3.96.